The molecular weight excluding hydrogens is 210 g/mol. The first-order chi connectivity index (χ1) is 7.43. The lowest BCUT2D eigenvalue weighted by molar-refractivity contribution is 0.103. The van der Waals surface area contributed by atoms with E-state index in [-0.39, 0.29) is 0 Å². The number of ether oxygens (including phenoxy) is 2. The SMILES string of the molecule is COCCCOCCNC1CCSCC1. The Labute approximate surface area is 97.3 Å². The topological polar surface area (TPSA) is 30.5 Å². The highest BCUT2D eigenvalue weighted by Crippen LogP contribution is 2.16. The zero-order chi connectivity index (χ0) is 10.8. The van der Waals surface area contributed by atoms with Crippen molar-refractivity contribution in [1.82, 2.24) is 5.32 Å². The van der Waals surface area contributed by atoms with Crippen LogP contribution in [-0.2, 0) is 9.47 Å². The molecule has 15 heavy (non-hydrogen) atoms. The second kappa shape index (κ2) is 9.46. The van der Waals surface area contributed by atoms with Gasteiger partial charge in [-0.2, -0.15) is 11.8 Å². The summed E-state index contributed by atoms with van der Waals surface area (Å²) < 4.78 is 10.4. The van der Waals surface area contributed by atoms with Crippen molar-refractivity contribution in [2.24, 2.45) is 0 Å². The molecule has 0 radical (unpaired) electrons. The Morgan fingerprint density at radius 2 is 2.00 bits per heavy atom. The lowest BCUT2D eigenvalue weighted by Gasteiger charge is -2.22. The predicted octanol–water partition coefficient (Wildman–Crippen LogP) is 1.52. The summed E-state index contributed by atoms with van der Waals surface area (Å²) >= 11 is 2.07. The smallest absolute Gasteiger partial charge is 0.0591 e. The molecule has 1 saturated heterocycles. The van der Waals surface area contributed by atoms with E-state index in [4.69, 9.17) is 9.47 Å². The fraction of sp³-hybridized carbons (Fsp3) is 1.00. The number of nitrogens with one attached hydrogen (secondary N) is 1. The second-order valence-corrected chi connectivity index (χ2v) is 5.02. The highest BCUT2D eigenvalue weighted by atomic mass is 32.2. The molecule has 4 heteroatoms. The van der Waals surface area contributed by atoms with Crippen molar-refractivity contribution in [2.75, 3.05) is 45.0 Å². The predicted molar refractivity (Wildman–Crippen MR) is 65.7 cm³/mol. The van der Waals surface area contributed by atoms with Gasteiger partial charge in [-0.15, -0.1) is 0 Å². The molecule has 1 rings (SSSR count). The lowest BCUT2D eigenvalue weighted by Crippen LogP contribution is -2.34. The monoisotopic (exact) mass is 233 g/mol. The molecule has 0 bridgehead atoms. The molecule has 0 aromatic rings. The van der Waals surface area contributed by atoms with E-state index in [0.717, 1.165) is 38.8 Å². The summed E-state index contributed by atoms with van der Waals surface area (Å²) in [5.41, 5.74) is 0. The van der Waals surface area contributed by atoms with Gasteiger partial charge in [0.05, 0.1) is 6.61 Å². The van der Waals surface area contributed by atoms with Gasteiger partial charge in [0.25, 0.3) is 0 Å². The van der Waals surface area contributed by atoms with Gasteiger partial charge in [-0.3, -0.25) is 0 Å². The average molecular weight is 233 g/mol. The largest absolute Gasteiger partial charge is 0.385 e. The quantitative estimate of drug-likeness (QED) is 0.644. The van der Waals surface area contributed by atoms with Gasteiger partial charge in [0.1, 0.15) is 0 Å². The maximum absolute atomic E-state index is 5.48. The van der Waals surface area contributed by atoms with Crippen LogP contribution in [0.2, 0.25) is 0 Å². The standard InChI is InChI=1S/C11H23NO2S/c1-13-6-2-7-14-8-5-12-11-3-9-15-10-4-11/h11-12H,2-10H2,1H3. The molecular formula is C11H23NO2S. The molecule has 1 heterocycles. The van der Waals surface area contributed by atoms with Crippen LogP contribution in [-0.4, -0.2) is 51.0 Å². The van der Waals surface area contributed by atoms with Crippen LogP contribution in [0, 0.1) is 0 Å². The molecule has 3 nitrogen and oxygen atoms in total. The van der Waals surface area contributed by atoms with E-state index in [2.05, 4.69) is 17.1 Å². The summed E-state index contributed by atoms with van der Waals surface area (Å²) in [5.74, 6) is 2.62. The van der Waals surface area contributed by atoms with Crippen molar-refractivity contribution in [3.63, 3.8) is 0 Å². The highest BCUT2D eigenvalue weighted by Gasteiger charge is 2.11. The number of rotatable bonds is 8. The van der Waals surface area contributed by atoms with Crippen LogP contribution in [0.3, 0.4) is 0 Å². The maximum Gasteiger partial charge on any atom is 0.0591 e. The normalized spacial score (nSPS) is 18.2. The second-order valence-electron chi connectivity index (χ2n) is 3.80. The van der Waals surface area contributed by atoms with E-state index in [1.165, 1.54) is 24.3 Å². The van der Waals surface area contributed by atoms with Gasteiger partial charge in [0, 0.05) is 32.9 Å². The summed E-state index contributed by atoms with van der Waals surface area (Å²) in [7, 11) is 1.72. The first-order valence-electron chi connectivity index (χ1n) is 5.81. The van der Waals surface area contributed by atoms with Crippen molar-refractivity contribution in [2.45, 2.75) is 25.3 Å². The van der Waals surface area contributed by atoms with Gasteiger partial charge in [0.2, 0.25) is 0 Å². The molecule has 0 aliphatic carbocycles. The summed E-state index contributed by atoms with van der Waals surface area (Å²) in [6.45, 7) is 3.43. The van der Waals surface area contributed by atoms with Gasteiger partial charge < -0.3 is 14.8 Å². The van der Waals surface area contributed by atoms with Crippen LogP contribution in [0.5, 0.6) is 0 Å². The Balaban J connectivity index is 1.79. The van der Waals surface area contributed by atoms with Gasteiger partial charge in [0.15, 0.2) is 0 Å². The van der Waals surface area contributed by atoms with Crippen molar-refractivity contribution >= 4 is 11.8 Å². The Morgan fingerprint density at radius 1 is 1.20 bits per heavy atom. The molecule has 0 saturated carbocycles. The molecule has 0 amide bonds. The Morgan fingerprint density at radius 3 is 2.73 bits per heavy atom. The summed E-state index contributed by atoms with van der Waals surface area (Å²) in [5, 5.41) is 3.54. The van der Waals surface area contributed by atoms with E-state index >= 15 is 0 Å². The van der Waals surface area contributed by atoms with Crippen LogP contribution < -0.4 is 5.32 Å². The number of hydrogen-bond acceptors (Lipinski definition) is 4. The van der Waals surface area contributed by atoms with Crippen LogP contribution in [0.1, 0.15) is 19.3 Å². The Bertz CT molecular complexity index is 141. The Kier molecular flexibility index (Phi) is 8.38. The molecule has 1 fully saturated rings. The molecule has 1 aliphatic heterocycles. The molecule has 90 valence electrons. The van der Waals surface area contributed by atoms with Crippen molar-refractivity contribution < 1.29 is 9.47 Å². The minimum Gasteiger partial charge on any atom is -0.385 e. The van der Waals surface area contributed by atoms with E-state index in [1.54, 1.807) is 7.11 Å². The number of hydrogen-bond donors (Lipinski definition) is 1. The van der Waals surface area contributed by atoms with E-state index in [1.807, 2.05) is 0 Å². The van der Waals surface area contributed by atoms with Gasteiger partial charge in [-0.05, 0) is 30.8 Å². The van der Waals surface area contributed by atoms with Crippen molar-refractivity contribution in [3.05, 3.63) is 0 Å². The number of methoxy groups -OCH3 is 1. The fourth-order valence-electron chi connectivity index (χ4n) is 1.64. The molecule has 0 aromatic carbocycles. The first kappa shape index (κ1) is 13.3. The fourth-order valence-corrected chi connectivity index (χ4v) is 2.75. The summed E-state index contributed by atoms with van der Waals surface area (Å²) in [6, 6.07) is 0.730. The third kappa shape index (κ3) is 7.17. The first-order valence-corrected chi connectivity index (χ1v) is 6.97. The van der Waals surface area contributed by atoms with E-state index in [0.29, 0.717) is 0 Å². The molecule has 0 unspecified atom stereocenters. The van der Waals surface area contributed by atoms with Crippen molar-refractivity contribution in [3.8, 4) is 0 Å². The molecule has 0 spiro atoms. The molecule has 1 aliphatic rings. The third-order valence-corrected chi connectivity index (χ3v) is 3.59. The zero-order valence-electron chi connectivity index (χ0n) is 9.67. The number of thioether (sulfide) groups is 1. The Hall–Kier alpha value is 0.230. The highest BCUT2D eigenvalue weighted by molar-refractivity contribution is 7.99. The van der Waals surface area contributed by atoms with Gasteiger partial charge in [-0.25, -0.2) is 0 Å². The molecule has 0 aromatic heterocycles. The summed E-state index contributed by atoms with van der Waals surface area (Å²) in [6.07, 6.45) is 3.62. The molecule has 1 N–H and O–H groups in total. The van der Waals surface area contributed by atoms with E-state index < -0.39 is 0 Å². The third-order valence-electron chi connectivity index (χ3n) is 2.54. The van der Waals surface area contributed by atoms with Crippen LogP contribution in [0.4, 0.5) is 0 Å². The molecule has 0 atom stereocenters. The van der Waals surface area contributed by atoms with Gasteiger partial charge in [-0.1, -0.05) is 0 Å². The zero-order valence-corrected chi connectivity index (χ0v) is 10.5. The van der Waals surface area contributed by atoms with Crippen LogP contribution in [0.15, 0.2) is 0 Å². The summed E-state index contributed by atoms with van der Waals surface area (Å²) in [4.78, 5) is 0. The minimum atomic E-state index is 0.730. The van der Waals surface area contributed by atoms with Crippen molar-refractivity contribution in [1.29, 1.82) is 0 Å². The van der Waals surface area contributed by atoms with Gasteiger partial charge >= 0.3 is 0 Å². The van der Waals surface area contributed by atoms with Crippen LogP contribution >= 0.6 is 11.8 Å². The lowest BCUT2D eigenvalue weighted by atomic mass is 10.1. The maximum atomic E-state index is 5.48. The minimum absolute atomic E-state index is 0.730. The van der Waals surface area contributed by atoms with Crippen LogP contribution in [0.25, 0.3) is 0 Å². The average Bonchev–Trinajstić information content (AvgIpc) is 2.29. The van der Waals surface area contributed by atoms with E-state index in [9.17, 15) is 0 Å².